The van der Waals surface area contributed by atoms with E-state index in [0.717, 1.165) is 24.8 Å². The number of halogens is 3. The van der Waals surface area contributed by atoms with Gasteiger partial charge in [0.25, 0.3) is 0 Å². The summed E-state index contributed by atoms with van der Waals surface area (Å²) in [7, 11) is 0. The fraction of sp³-hybridized carbons (Fsp3) is 0.185. The molecule has 0 aliphatic heterocycles. The quantitative estimate of drug-likeness (QED) is 0.385. The molecule has 0 bridgehead atoms. The lowest BCUT2D eigenvalue weighted by Crippen LogP contribution is -2.02. The van der Waals surface area contributed by atoms with Crippen molar-refractivity contribution in [1.82, 2.24) is 0 Å². The van der Waals surface area contributed by atoms with E-state index in [2.05, 4.69) is 12.7 Å². The number of hydrogen-bond acceptors (Lipinski definition) is 0. The van der Waals surface area contributed by atoms with Gasteiger partial charge in [0.2, 0.25) is 0 Å². The van der Waals surface area contributed by atoms with Gasteiger partial charge in [0, 0.05) is 11.1 Å². The maximum atomic E-state index is 14.9. The first-order valence-electron chi connectivity index (χ1n) is 10.1. The lowest BCUT2D eigenvalue weighted by Gasteiger charge is -2.19. The summed E-state index contributed by atoms with van der Waals surface area (Å²) < 4.78 is 43.0. The first-order chi connectivity index (χ1) is 14.5. The molecule has 0 aromatic heterocycles. The average molecular weight is 404 g/mol. The smallest absolute Gasteiger partial charge is 0.166 e. The summed E-state index contributed by atoms with van der Waals surface area (Å²) >= 11 is 0. The van der Waals surface area contributed by atoms with E-state index in [9.17, 15) is 13.2 Å². The molecule has 1 aliphatic rings. The Morgan fingerprint density at radius 3 is 2.07 bits per heavy atom. The number of benzene rings is 3. The maximum Gasteiger partial charge on any atom is 0.166 e. The standard InChI is InChI=1S/C27H23F3/c1-3-18-5-7-19(8-6-18)22-13-15-23(25(28)16-22)20-9-11-21(12-10-20)24-14-4-17(2)26(29)27(24)30/h3-4,7,9-16,18H,1,5-6,8H2,2H3. The number of rotatable bonds is 4. The van der Waals surface area contributed by atoms with E-state index in [-0.39, 0.29) is 16.9 Å². The van der Waals surface area contributed by atoms with Crippen LogP contribution in [0.15, 0.2) is 73.3 Å². The molecular formula is C27H23F3. The topological polar surface area (TPSA) is 0 Å². The van der Waals surface area contributed by atoms with Crippen LogP contribution in [0.25, 0.3) is 27.8 Å². The van der Waals surface area contributed by atoms with E-state index in [0.29, 0.717) is 22.6 Å². The molecule has 0 saturated carbocycles. The van der Waals surface area contributed by atoms with Crippen molar-refractivity contribution in [2.45, 2.75) is 26.2 Å². The maximum absolute atomic E-state index is 14.9. The Morgan fingerprint density at radius 2 is 1.47 bits per heavy atom. The van der Waals surface area contributed by atoms with Crippen LogP contribution in [0, 0.1) is 30.3 Å². The van der Waals surface area contributed by atoms with Crippen molar-refractivity contribution in [1.29, 1.82) is 0 Å². The zero-order chi connectivity index (χ0) is 21.3. The zero-order valence-electron chi connectivity index (χ0n) is 16.9. The van der Waals surface area contributed by atoms with Crippen molar-refractivity contribution in [2.24, 2.45) is 5.92 Å². The summed E-state index contributed by atoms with van der Waals surface area (Å²) in [6.45, 7) is 5.38. The third kappa shape index (κ3) is 3.85. The lowest BCUT2D eigenvalue weighted by molar-refractivity contribution is 0.505. The van der Waals surface area contributed by atoms with Crippen LogP contribution in [0.1, 0.15) is 30.4 Å². The third-order valence-electron chi connectivity index (χ3n) is 5.91. The van der Waals surface area contributed by atoms with Crippen LogP contribution >= 0.6 is 0 Å². The van der Waals surface area contributed by atoms with Crippen LogP contribution in [0.3, 0.4) is 0 Å². The number of aryl methyl sites for hydroxylation is 1. The third-order valence-corrected chi connectivity index (χ3v) is 5.91. The molecule has 3 aromatic carbocycles. The minimum atomic E-state index is -0.863. The molecule has 30 heavy (non-hydrogen) atoms. The molecule has 0 nitrogen and oxygen atoms in total. The molecule has 1 aliphatic carbocycles. The lowest BCUT2D eigenvalue weighted by atomic mass is 9.86. The van der Waals surface area contributed by atoms with Crippen LogP contribution in [0.5, 0.6) is 0 Å². The predicted molar refractivity (Wildman–Crippen MR) is 117 cm³/mol. The largest absolute Gasteiger partial charge is 0.206 e. The van der Waals surface area contributed by atoms with Gasteiger partial charge in [-0.05, 0) is 66.0 Å². The second kappa shape index (κ2) is 8.35. The van der Waals surface area contributed by atoms with Crippen molar-refractivity contribution in [3.05, 3.63) is 102 Å². The fourth-order valence-electron chi connectivity index (χ4n) is 3.98. The van der Waals surface area contributed by atoms with Crippen LogP contribution in [-0.4, -0.2) is 0 Å². The minimum Gasteiger partial charge on any atom is -0.206 e. The second-order valence-corrected chi connectivity index (χ2v) is 7.83. The molecule has 0 amide bonds. The molecule has 4 rings (SSSR count). The van der Waals surface area contributed by atoms with E-state index >= 15 is 0 Å². The SMILES string of the molecule is C=CC1CC=C(c2ccc(-c3ccc(-c4ccc(C)c(F)c4F)cc3)c(F)c2)CC1. The molecule has 152 valence electrons. The Balaban J connectivity index is 1.60. The monoisotopic (exact) mass is 404 g/mol. The van der Waals surface area contributed by atoms with Gasteiger partial charge in [0.05, 0.1) is 0 Å². The molecule has 3 aromatic rings. The summed E-state index contributed by atoms with van der Waals surface area (Å²) in [4.78, 5) is 0. The van der Waals surface area contributed by atoms with Crippen molar-refractivity contribution in [3.8, 4) is 22.3 Å². The fourth-order valence-corrected chi connectivity index (χ4v) is 3.98. The van der Waals surface area contributed by atoms with Gasteiger partial charge < -0.3 is 0 Å². The highest BCUT2D eigenvalue weighted by molar-refractivity contribution is 5.74. The van der Waals surface area contributed by atoms with Crippen LogP contribution in [-0.2, 0) is 0 Å². The molecule has 1 atom stereocenters. The van der Waals surface area contributed by atoms with Gasteiger partial charge in [0.15, 0.2) is 11.6 Å². The number of allylic oxidation sites excluding steroid dienone is 3. The summed E-state index contributed by atoms with van der Waals surface area (Å²) in [6, 6.07) is 15.3. The van der Waals surface area contributed by atoms with Gasteiger partial charge in [-0.1, -0.05) is 60.7 Å². The van der Waals surface area contributed by atoms with Crippen molar-refractivity contribution >= 4 is 5.57 Å². The molecule has 0 heterocycles. The number of hydrogen-bond donors (Lipinski definition) is 0. The van der Waals surface area contributed by atoms with Gasteiger partial charge in [-0.15, -0.1) is 6.58 Å². The van der Waals surface area contributed by atoms with Crippen LogP contribution < -0.4 is 0 Å². The molecule has 0 radical (unpaired) electrons. The van der Waals surface area contributed by atoms with Crippen LogP contribution in [0.4, 0.5) is 13.2 Å². The van der Waals surface area contributed by atoms with Gasteiger partial charge in [-0.25, -0.2) is 13.2 Å². The summed E-state index contributed by atoms with van der Waals surface area (Å²) in [6.07, 6.45) is 7.06. The van der Waals surface area contributed by atoms with Crippen molar-refractivity contribution < 1.29 is 13.2 Å². The Kier molecular flexibility index (Phi) is 5.63. The summed E-state index contributed by atoms with van der Waals surface area (Å²) in [5.74, 6) is -1.49. The van der Waals surface area contributed by atoms with Gasteiger partial charge in [0.1, 0.15) is 5.82 Å². The Labute approximate surface area is 175 Å². The highest BCUT2D eigenvalue weighted by Gasteiger charge is 2.16. The Morgan fingerprint density at radius 1 is 0.833 bits per heavy atom. The van der Waals surface area contributed by atoms with Gasteiger partial charge in [-0.2, -0.15) is 0 Å². The van der Waals surface area contributed by atoms with E-state index in [1.807, 2.05) is 12.1 Å². The van der Waals surface area contributed by atoms with Crippen molar-refractivity contribution in [3.63, 3.8) is 0 Å². The Hall–Kier alpha value is -3.07. The van der Waals surface area contributed by atoms with E-state index in [1.165, 1.54) is 12.5 Å². The molecule has 0 N–H and O–H groups in total. The van der Waals surface area contributed by atoms with Gasteiger partial charge >= 0.3 is 0 Å². The molecule has 3 heteroatoms. The van der Waals surface area contributed by atoms with Crippen molar-refractivity contribution in [2.75, 3.05) is 0 Å². The zero-order valence-corrected chi connectivity index (χ0v) is 16.9. The summed E-state index contributed by atoms with van der Waals surface area (Å²) in [5.41, 5.74) is 4.28. The van der Waals surface area contributed by atoms with Crippen LogP contribution in [0.2, 0.25) is 0 Å². The predicted octanol–water partition coefficient (Wildman–Crippen LogP) is 8.12. The van der Waals surface area contributed by atoms with E-state index in [4.69, 9.17) is 0 Å². The van der Waals surface area contributed by atoms with E-state index < -0.39 is 11.6 Å². The molecule has 0 saturated heterocycles. The van der Waals surface area contributed by atoms with E-state index in [1.54, 1.807) is 48.5 Å². The summed E-state index contributed by atoms with van der Waals surface area (Å²) in [5, 5.41) is 0. The molecule has 0 spiro atoms. The first kappa shape index (κ1) is 20.2. The normalized spacial score (nSPS) is 16.3. The highest BCUT2D eigenvalue weighted by atomic mass is 19.2. The Bertz CT molecular complexity index is 1120. The molecule has 1 unspecified atom stereocenters. The first-order valence-corrected chi connectivity index (χ1v) is 10.1. The molecular weight excluding hydrogens is 381 g/mol. The highest BCUT2D eigenvalue weighted by Crippen LogP contribution is 2.34. The average Bonchev–Trinajstić information content (AvgIpc) is 2.78. The second-order valence-electron chi connectivity index (χ2n) is 7.83. The minimum absolute atomic E-state index is 0.197. The molecule has 0 fully saturated rings. The van der Waals surface area contributed by atoms with Gasteiger partial charge in [-0.3, -0.25) is 0 Å².